The van der Waals surface area contributed by atoms with Crippen LogP contribution in [0.25, 0.3) is 0 Å². The molecular weight excluding hydrogens is 286 g/mol. The first kappa shape index (κ1) is 15.5. The van der Waals surface area contributed by atoms with Crippen molar-refractivity contribution >= 4 is 9.84 Å². The third kappa shape index (κ3) is 3.62. The summed E-state index contributed by atoms with van der Waals surface area (Å²) in [6.07, 6.45) is 0.387. The van der Waals surface area contributed by atoms with Crippen molar-refractivity contribution in [1.29, 1.82) is 0 Å². The molecule has 0 radical (unpaired) electrons. The van der Waals surface area contributed by atoms with Crippen molar-refractivity contribution < 1.29 is 13.2 Å². The van der Waals surface area contributed by atoms with Gasteiger partial charge < -0.3 is 10.5 Å². The summed E-state index contributed by atoms with van der Waals surface area (Å²) in [4.78, 5) is 0.314. The molecule has 0 spiro atoms. The lowest BCUT2D eigenvalue weighted by atomic mass is 10.1. The van der Waals surface area contributed by atoms with Gasteiger partial charge in [-0.05, 0) is 36.2 Å². The molecule has 0 aliphatic heterocycles. The largest absolute Gasteiger partial charge is 0.497 e. The number of benzene rings is 2. The molecule has 2 N–H and O–H groups in total. The molecular formula is C16H19NO3S. The summed E-state index contributed by atoms with van der Waals surface area (Å²) in [6, 6.07) is 15.8. The van der Waals surface area contributed by atoms with Crippen LogP contribution in [0.5, 0.6) is 5.75 Å². The van der Waals surface area contributed by atoms with Gasteiger partial charge in [0.25, 0.3) is 0 Å². The van der Waals surface area contributed by atoms with Crippen molar-refractivity contribution in [2.24, 2.45) is 5.73 Å². The van der Waals surface area contributed by atoms with Crippen LogP contribution in [0.15, 0.2) is 59.5 Å². The predicted molar refractivity (Wildman–Crippen MR) is 83.2 cm³/mol. The SMILES string of the molecule is COc1ccc(CC(CN)S(=O)(=O)c2ccccc2)cc1. The van der Waals surface area contributed by atoms with E-state index in [4.69, 9.17) is 10.5 Å². The zero-order valence-corrected chi connectivity index (χ0v) is 12.7. The predicted octanol–water partition coefficient (Wildman–Crippen LogP) is 2.04. The fraction of sp³-hybridized carbons (Fsp3) is 0.250. The molecule has 0 saturated carbocycles. The highest BCUT2D eigenvalue weighted by Gasteiger charge is 2.26. The van der Waals surface area contributed by atoms with Gasteiger partial charge in [0.05, 0.1) is 17.3 Å². The van der Waals surface area contributed by atoms with E-state index in [0.717, 1.165) is 11.3 Å². The first-order valence-electron chi connectivity index (χ1n) is 6.70. The minimum absolute atomic E-state index is 0.0866. The number of sulfone groups is 1. The molecule has 0 aromatic heterocycles. The zero-order valence-electron chi connectivity index (χ0n) is 11.9. The molecule has 21 heavy (non-hydrogen) atoms. The Labute approximate surface area is 125 Å². The van der Waals surface area contributed by atoms with Crippen LogP contribution in [0, 0.1) is 0 Å². The molecule has 2 rings (SSSR count). The number of hydrogen-bond acceptors (Lipinski definition) is 4. The van der Waals surface area contributed by atoms with Gasteiger partial charge in [-0.3, -0.25) is 0 Å². The minimum atomic E-state index is -3.42. The van der Waals surface area contributed by atoms with Crippen LogP contribution in [0.2, 0.25) is 0 Å². The number of rotatable bonds is 6. The summed E-state index contributed by atoms with van der Waals surface area (Å²) in [5.74, 6) is 0.744. The second-order valence-corrected chi connectivity index (χ2v) is 7.00. The maximum absolute atomic E-state index is 12.6. The molecule has 4 nitrogen and oxygen atoms in total. The number of ether oxygens (including phenoxy) is 1. The first-order valence-corrected chi connectivity index (χ1v) is 8.24. The number of hydrogen-bond donors (Lipinski definition) is 1. The number of methoxy groups -OCH3 is 1. The van der Waals surface area contributed by atoms with E-state index in [1.54, 1.807) is 37.4 Å². The summed E-state index contributed by atoms with van der Waals surface area (Å²) in [6.45, 7) is 0.0866. The molecule has 0 aliphatic rings. The fourth-order valence-electron chi connectivity index (χ4n) is 2.15. The highest BCUT2D eigenvalue weighted by atomic mass is 32.2. The molecule has 2 aromatic rings. The standard InChI is InChI=1S/C16H19NO3S/c1-20-14-9-7-13(8-10-14)11-16(12-17)21(18,19)15-5-3-2-4-6-15/h2-10,16H,11-12,17H2,1H3. The number of nitrogens with two attached hydrogens (primary N) is 1. The van der Waals surface area contributed by atoms with Crippen molar-refractivity contribution in [3.8, 4) is 5.75 Å². The molecule has 0 amide bonds. The maximum Gasteiger partial charge on any atom is 0.182 e. The van der Waals surface area contributed by atoms with Gasteiger partial charge in [-0.2, -0.15) is 0 Å². The Bertz CT molecular complexity index is 666. The van der Waals surface area contributed by atoms with E-state index in [9.17, 15) is 8.42 Å². The average Bonchev–Trinajstić information content (AvgIpc) is 2.53. The highest BCUT2D eigenvalue weighted by Crippen LogP contribution is 2.20. The van der Waals surface area contributed by atoms with E-state index >= 15 is 0 Å². The lowest BCUT2D eigenvalue weighted by molar-refractivity contribution is 0.414. The topological polar surface area (TPSA) is 69.4 Å². The van der Waals surface area contributed by atoms with E-state index in [2.05, 4.69) is 0 Å². The lowest BCUT2D eigenvalue weighted by Gasteiger charge is -2.16. The Morgan fingerprint density at radius 3 is 2.19 bits per heavy atom. The molecule has 1 unspecified atom stereocenters. The Morgan fingerprint density at radius 1 is 1.05 bits per heavy atom. The van der Waals surface area contributed by atoms with Crippen LogP contribution in [0.1, 0.15) is 5.56 Å². The molecule has 0 fully saturated rings. The molecule has 0 aliphatic carbocycles. The zero-order chi connectivity index (χ0) is 15.3. The van der Waals surface area contributed by atoms with Crippen molar-refractivity contribution in [3.05, 3.63) is 60.2 Å². The molecule has 1 atom stereocenters. The van der Waals surface area contributed by atoms with Crippen LogP contribution < -0.4 is 10.5 Å². The van der Waals surface area contributed by atoms with Crippen molar-refractivity contribution in [2.75, 3.05) is 13.7 Å². The minimum Gasteiger partial charge on any atom is -0.497 e. The van der Waals surface area contributed by atoms with Crippen molar-refractivity contribution in [2.45, 2.75) is 16.6 Å². The van der Waals surface area contributed by atoms with Crippen LogP contribution in [0.3, 0.4) is 0 Å². The van der Waals surface area contributed by atoms with E-state index < -0.39 is 15.1 Å². The van der Waals surface area contributed by atoms with Crippen LogP contribution in [-0.2, 0) is 16.3 Å². The van der Waals surface area contributed by atoms with Crippen molar-refractivity contribution in [3.63, 3.8) is 0 Å². The second kappa shape index (κ2) is 6.74. The average molecular weight is 305 g/mol. The fourth-order valence-corrected chi connectivity index (χ4v) is 3.73. The molecule has 112 valence electrons. The molecule has 0 heterocycles. The summed E-state index contributed by atoms with van der Waals surface area (Å²) in [5, 5.41) is -0.631. The van der Waals surface area contributed by atoms with E-state index in [1.165, 1.54) is 0 Å². The Kier molecular flexibility index (Phi) is 4.98. The van der Waals surface area contributed by atoms with Crippen LogP contribution in [-0.4, -0.2) is 27.3 Å². The third-order valence-corrected chi connectivity index (χ3v) is 5.56. The summed E-state index contributed by atoms with van der Waals surface area (Å²) < 4.78 is 30.3. The second-order valence-electron chi connectivity index (χ2n) is 4.77. The van der Waals surface area contributed by atoms with Gasteiger partial charge in [0.2, 0.25) is 0 Å². The van der Waals surface area contributed by atoms with Gasteiger partial charge in [0.15, 0.2) is 9.84 Å². The first-order chi connectivity index (χ1) is 10.1. The highest BCUT2D eigenvalue weighted by molar-refractivity contribution is 7.92. The van der Waals surface area contributed by atoms with Gasteiger partial charge in [-0.25, -0.2) is 8.42 Å². The lowest BCUT2D eigenvalue weighted by Crippen LogP contribution is -2.31. The third-order valence-electron chi connectivity index (χ3n) is 3.40. The smallest absolute Gasteiger partial charge is 0.182 e. The van der Waals surface area contributed by atoms with E-state index in [-0.39, 0.29) is 6.54 Å². The van der Waals surface area contributed by atoms with Gasteiger partial charge >= 0.3 is 0 Å². The van der Waals surface area contributed by atoms with Gasteiger partial charge in [0, 0.05) is 6.54 Å². The molecule has 0 saturated heterocycles. The Balaban J connectivity index is 2.23. The maximum atomic E-state index is 12.6. The summed E-state index contributed by atoms with van der Waals surface area (Å²) in [5.41, 5.74) is 6.62. The van der Waals surface area contributed by atoms with Gasteiger partial charge in [-0.15, -0.1) is 0 Å². The Morgan fingerprint density at radius 2 is 1.67 bits per heavy atom. The summed E-state index contributed by atoms with van der Waals surface area (Å²) >= 11 is 0. The van der Waals surface area contributed by atoms with Gasteiger partial charge in [-0.1, -0.05) is 30.3 Å². The van der Waals surface area contributed by atoms with Crippen molar-refractivity contribution in [1.82, 2.24) is 0 Å². The summed E-state index contributed by atoms with van der Waals surface area (Å²) in [7, 11) is -1.83. The van der Waals surface area contributed by atoms with Crippen LogP contribution in [0.4, 0.5) is 0 Å². The normalized spacial score (nSPS) is 12.9. The van der Waals surface area contributed by atoms with E-state index in [0.29, 0.717) is 11.3 Å². The van der Waals surface area contributed by atoms with Crippen LogP contribution >= 0.6 is 0 Å². The Hall–Kier alpha value is -1.85. The molecule has 0 bridgehead atoms. The quantitative estimate of drug-likeness (QED) is 0.886. The molecule has 2 aromatic carbocycles. The monoisotopic (exact) mass is 305 g/mol. The molecule has 5 heteroatoms. The van der Waals surface area contributed by atoms with Gasteiger partial charge in [0.1, 0.15) is 5.75 Å². The van der Waals surface area contributed by atoms with E-state index in [1.807, 2.05) is 24.3 Å².